The number of methoxy groups -OCH3 is 1. The molecule has 0 atom stereocenters. The molecule has 0 spiro atoms. The lowest BCUT2D eigenvalue weighted by molar-refractivity contribution is -0.131. The molecule has 2 aromatic carbocycles. The van der Waals surface area contributed by atoms with Crippen LogP contribution in [-0.2, 0) is 17.8 Å². The van der Waals surface area contributed by atoms with Gasteiger partial charge in [-0.1, -0.05) is 36.4 Å². The number of nitrogens with zero attached hydrogens (tertiary/aromatic N) is 1. The Morgan fingerprint density at radius 1 is 1.13 bits per heavy atom. The zero-order chi connectivity index (χ0) is 16.7. The number of aryl methyl sites for hydroxylation is 2. The van der Waals surface area contributed by atoms with Crippen molar-refractivity contribution in [2.75, 3.05) is 13.7 Å². The Morgan fingerprint density at radius 2 is 1.91 bits per heavy atom. The number of amides is 1. The highest BCUT2D eigenvalue weighted by Gasteiger charge is 2.13. The van der Waals surface area contributed by atoms with Crippen LogP contribution in [0.15, 0.2) is 48.5 Å². The Balaban J connectivity index is 1.96. The van der Waals surface area contributed by atoms with Crippen molar-refractivity contribution in [3.05, 3.63) is 65.2 Å². The van der Waals surface area contributed by atoms with Crippen LogP contribution in [0.4, 0.5) is 0 Å². The Hall–Kier alpha value is -2.29. The van der Waals surface area contributed by atoms with Gasteiger partial charge in [-0.05, 0) is 49.1 Å². The van der Waals surface area contributed by atoms with Crippen molar-refractivity contribution < 1.29 is 9.53 Å². The molecule has 3 heteroatoms. The van der Waals surface area contributed by atoms with E-state index in [1.807, 2.05) is 48.2 Å². The van der Waals surface area contributed by atoms with Crippen molar-refractivity contribution in [1.29, 1.82) is 0 Å². The first kappa shape index (κ1) is 17.1. The number of benzene rings is 2. The van der Waals surface area contributed by atoms with E-state index >= 15 is 0 Å². The summed E-state index contributed by atoms with van der Waals surface area (Å²) in [5, 5.41) is 0. The smallest absolute Gasteiger partial charge is 0.223 e. The third kappa shape index (κ3) is 4.85. The topological polar surface area (TPSA) is 29.5 Å². The van der Waals surface area contributed by atoms with Gasteiger partial charge in [0, 0.05) is 19.5 Å². The highest BCUT2D eigenvalue weighted by Crippen LogP contribution is 2.15. The molecule has 0 heterocycles. The fourth-order valence-electron chi connectivity index (χ4n) is 2.61. The Labute approximate surface area is 138 Å². The van der Waals surface area contributed by atoms with Crippen LogP contribution in [0.3, 0.4) is 0 Å². The largest absolute Gasteiger partial charge is 0.497 e. The second kappa shape index (κ2) is 8.37. The van der Waals surface area contributed by atoms with Crippen molar-refractivity contribution >= 4 is 5.91 Å². The van der Waals surface area contributed by atoms with Crippen LogP contribution in [0.2, 0.25) is 0 Å². The van der Waals surface area contributed by atoms with Gasteiger partial charge in [0.2, 0.25) is 5.91 Å². The second-order valence-corrected chi connectivity index (χ2v) is 5.69. The molecule has 0 N–H and O–H groups in total. The molecule has 0 unspecified atom stereocenters. The summed E-state index contributed by atoms with van der Waals surface area (Å²) in [6, 6.07) is 16.1. The van der Waals surface area contributed by atoms with Crippen molar-refractivity contribution in [3.63, 3.8) is 0 Å². The molecule has 0 fully saturated rings. The molecule has 0 saturated heterocycles. The van der Waals surface area contributed by atoms with Gasteiger partial charge in [-0.3, -0.25) is 4.79 Å². The van der Waals surface area contributed by atoms with Gasteiger partial charge in [0.15, 0.2) is 0 Å². The zero-order valence-electron chi connectivity index (χ0n) is 14.2. The fraction of sp³-hybridized carbons (Fsp3) is 0.350. The number of hydrogen-bond donors (Lipinski definition) is 0. The summed E-state index contributed by atoms with van der Waals surface area (Å²) >= 11 is 0. The van der Waals surface area contributed by atoms with Crippen molar-refractivity contribution in [2.45, 2.75) is 33.2 Å². The van der Waals surface area contributed by atoms with Gasteiger partial charge in [-0.15, -0.1) is 0 Å². The maximum Gasteiger partial charge on any atom is 0.223 e. The van der Waals surface area contributed by atoms with E-state index in [2.05, 4.69) is 19.1 Å². The Bertz CT molecular complexity index is 652. The molecule has 0 bridgehead atoms. The zero-order valence-corrected chi connectivity index (χ0v) is 14.2. The van der Waals surface area contributed by atoms with E-state index in [9.17, 15) is 4.79 Å². The van der Waals surface area contributed by atoms with E-state index in [0.29, 0.717) is 13.0 Å². The number of carbonyl (C=O) groups is 1. The monoisotopic (exact) mass is 311 g/mol. The Morgan fingerprint density at radius 3 is 2.61 bits per heavy atom. The van der Waals surface area contributed by atoms with Crippen LogP contribution < -0.4 is 4.74 Å². The predicted molar refractivity (Wildman–Crippen MR) is 93.6 cm³/mol. The van der Waals surface area contributed by atoms with Crippen LogP contribution >= 0.6 is 0 Å². The Kier molecular flexibility index (Phi) is 6.21. The average Bonchev–Trinajstić information content (AvgIpc) is 2.59. The number of carbonyl (C=O) groups excluding carboxylic acids is 1. The lowest BCUT2D eigenvalue weighted by atomic mass is 10.1. The molecule has 0 aliphatic heterocycles. The van der Waals surface area contributed by atoms with Crippen molar-refractivity contribution in [2.24, 2.45) is 0 Å². The molecule has 2 rings (SSSR count). The molecule has 3 nitrogen and oxygen atoms in total. The van der Waals surface area contributed by atoms with E-state index < -0.39 is 0 Å². The number of rotatable bonds is 7. The first-order valence-electron chi connectivity index (χ1n) is 8.09. The van der Waals surface area contributed by atoms with Gasteiger partial charge in [0.05, 0.1) is 7.11 Å². The average molecular weight is 311 g/mol. The lowest BCUT2D eigenvalue weighted by Crippen LogP contribution is -2.30. The predicted octanol–water partition coefficient (Wildman–Crippen LogP) is 3.98. The molecule has 122 valence electrons. The molecule has 0 aromatic heterocycles. The molecular formula is C20H25NO2. The molecule has 0 radical (unpaired) electrons. The molecule has 0 saturated carbocycles. The quantitative estimate of drug-likeness (QED) is 0.774. The van der Waals surface area contributed by atoms with Gasteiger partial charge < -0.3 is 9.64 Å². The summed E-state index contributed by atoms with van der Waals surface area (Å²) in [6.07, 6.45) is 1.26. The third-order valence-corrected chi connectivity index (χ3v) is 4.12. The maximum atomic E-state index is 12.5. The van der Waals surface area contributed by atoms with Gasteiger partial charge >= 0.3 is 0 Å². The van der Waals surface area contributed by atoms with E-state index in [4.69, 9.17) is 4.74 Å². The van der Waals surface area contributed by atoms with Gasteiger partial charge in [0.1, 0.15) is 5.75 Å². The summed E-state index contributed by atoms with van der Waals surface area (Å²) in [7, 11) is 1.66. The SMILES string of the molecule is CCN(Cc1ccccc1C)C(=O)CCc1cccc(OC)c1. The van der Waals surface area contributed by atoms with E-state index in [1.54, 1.807) is 7.11 Å². The summed E-state index contributed by atoms with van der Waals surface area (Å²) in [4.78, 5) is 14.4. The second-order valence-electron chi connectivity index (χ2n) is 5.69. The van der Waals surface area contributed by atoms with Crippen molar-refractivity contribution in [3.8, 4) is 5.75 Å². The minimum absolute atomic E-state index is 0.193. The van der Waals surface area contributed by atoms with E-state index in [0.717, 1.165) is 24.3 Å². The van der Waals surface area contributed by atoms with Gasteiger partial charge in [-0.2, -0.15) is 0 Å². The van der Waals surface area contributed by atoms with Crippen LogP contribution in [0.25, 0.3) is 0 Å². The van der Waals surface area contributed by atoms with Gasteiger partial charge in [0.25, 0.3) is 0 Å². The van der Waals surface area contributed by atoms with E-state index in [1.165, 1.54) is 11.1 Å². The summed E-state index contributed by atoms with van der Waals surface area (Å²) in [6.45, 7) is 5.52. The molecule has 0 aliphatic carbocycles. The first-order chi connectivity index (χ1) is 11.1. The normalized spacial score (nSPS) is 10.4. The van der Waals surface area contributed by atoms with Crippen LogP contribution in [0.1, 0.15) is 30.0 Å². The molecule has 0 aliphatic rings. The van der Waals surface area contributed by atoms with Gasteiger partial charge in [-0.25, -0.2) is 0 Å². The van der Waals surface area contributed by atoms with Crippen LogP contribution in [0.5, 0.6) is 5.75 Å². The highest BCUT2D eigenvalue weighted by molar-refractivity contribution is 5.76. The summed E-state index contributed by atoms with van der Waals surface area (Å²) < 4.78 is 5.23. The molecule has 23 heavy (non-hydrogen) atoms. The maximum absolute atomic E-state index is 12.5. The van der Waals surface area contributed by atoms with Crippen LogP contribution in [0, 0.1) is 6.92 Å². The van der Waals surface area contributed by atoms with E-state index in [-0.39, 0.29) is 5.91 Å². The summed E-state index contributed by atoms with van der Waals surface area (Å²) in [5.41, 5.74) is 3.57. The first-order valence-corrected chi connectivity index (χ1v) is 8.09. The number of hydrogen-bond acceptors (Lipinski definition) is 2. The fourth-order valence-corrected chi connectivity index (χ4v) is 2.61. The standard InChI is InChI=1S/C20H25NO2/c1-4-21(15-18-10-6-5-8-16(18)2)20(22)13-12-17-9-7-11-19(14-17)23-3/h5-11,14H,4,12-13,15H2,1-3H3. The molecular weight excluding hydrogens is 286 g/mol. The highest BCUT2D eigenvalue weighted by atomic mass is 16.5. The minimum atomic E-state index is 0.193. The molecule has 1 amide bonds. The lowest BCUT2D eigenvalue weighted by Gasteiger charge is -2.22. The minimum Gasteiger partial charge on any atom is -0.497 e. The molecule has 2 aromatic rings. The number of ether oxygens (including phenoxy) is 1. The third-order valence-electron chi connectivity index (χ3n) is 4.12. The van der Waals surface area contributed by atoms with Crippen molar-refractivity contribution in [1.82, 2.24) is 4.90 Å². The van der Waals surface area contributed by atoms with Crippen LogP contribution in [-0.4, -0.2) is 24.5 Å². The summed E-state index contributed by atoms with van der Waals surface area (Å²) in [5.74, 6) is 1.03.